The summed E-state index contributed by atoms with van der Waals surface area (Å²) in [6.45, 7) is 12.6. The van der Waals surface area contributed by atoms with Crippen molar-refractivity contribution in [1.82, 2.24) is 4.90 Å². The monoisotopic (exact) mass is 198 g/mol. The lowest BCUT2D eigenvalue weighted by Gasteiger charge is -2.36. The normalized spacial score (nSPS) is 26.8. The lowest BCUT2D eigenvalue weighted by molar-refractivity contribution is 0.126. The van der Waals surface area contributed by atoms with Crippen LogP contribution in [-0.4, -0.2) is 30.6 Å². The van der Waals surface area contributed by atoms with Crippen LogP contribution in [-0.2, 0) is 0 Å². The third-order valence-corrected chi connectivity index (χ3v) is 3.31. The van der Waals surface area contributed by atoms with Gasteiger partial charge >= 0.3 is 0 Å². The molecule has 0 aromatic rings. The first kappa shape index (κ1) is 12.0. The zero-order valence-electron chi connectivity index (χ0n) is 10.2. The molecule has 2 nitrogen and oxygen atoms in total. The topological polar surface area (TPSA) is 29.3 Å². The first-order valence-corrected chi connectivity index (χ1v) is 5.89. The van der Waals surface area contributed by atoms with Gasteiger partial charge in [0.15, 0.2) is 0 Å². The number of hydrogen-bond acceptors (Lipinski definition) is 2. The van der Waals surface area contributed by atoms with Gasteiger partial charge in [-0.15, -0.1) is 0 Å². The van der Waals surface area contributed by atoms with Gasteiger partial charge in [-0.2, -0.15) is 0 Å². The van der Waals surface area contributed by atoms with Crippen molar-refractivity contribution in [1.29, 1.82) is 0 Å². The van der Waals surface area contributed by atoms with Gasteiger partial charge in [0.1, 0.15) is 0 Å². The van der Waals surface area contributed by atoms with E-state index in [2.05, 4.69) is 32.6 Å². The van der Waals surface area contributed by atoms with E-state index in [1.165, 1.54) is 25.9 Å². The highest BCUT2D eigenvalue weighted by atomic mass is 15.2. The number of nitrogens with zero attached hydrogens (tertiary/aromatic N) is 1. The van der Waals surface area contributed by atoms with Crippen LogP contribution in [0.2, 0.25) is 0 Å². The summed E-state index contributed by atoms with van der Waals surface area (Å²) < 4.78 is 0. The Balaban J connectivity index is 2.51. The average molecular weight is 198 g/mol. The van der Waals surface area contributed by atoms with E-state index >= 15 is 0 Å². The summed E-state index contributed by atoms with van der Waals surface area (Å²) in [4.78, 5) is 2.64. The highest BCUT2D eigenvalue weighted by Crippen LogP contribution is 2.32. The van der Waals surface area contributed by atoms with Gasteiger partial charge in [0.05, 0.1) is 0 Å². The fraction of sp³-hybridized carbons (Fsp3) is 1.00. The summed E-state index contributed by atoms with van der Waals surface area (Å²) in [5.41, 5.74) is 6.10. The molecule has 1 saturated heterocycles. The summed E-state index contributed by atoms with van der Waals surface area (Å²) >= 11 is 0. The van der Waals surface area contributed by atoms with Crippen LogP contribution in [0.3, 0.4) is 0 Å². The maximum absolute atomic E-state index is 5.68. The van der Waals surface area contributed by atoms with Gasteiger partial charge in [0.2, 0.25) is 0 Å². The minimum absolute atomic E-state index is 0.421. The molecule has 0 aromatic heterocycles. The molecule has 1 heterocycles. The van der Waals surface area contributed by atoms with Crippen LogP contribution < -0.4 is 5.73 Å². The van der Waals surface area contributed by atoms with Crippen LogP contribution in [0.15, 0.2) is 0 Å². The van der Waals surface area contributed by atoms with Gasteiger partial charge in [-0.3, -0.25) is 4.90 Å². The van der Waals surface area contributed by atoms with Gasteiger partial charge in [-0.25, -0.2) is 0 Å². The standard InChI is InChI=1S/C12H26N2/c1-10(8-13)9-14-7-5-6-11(14)12(2,3)4/h10-11H,5-9,13H2,1-4H3. The van der Waals surface area contributed by atoms with Gasteiger partial charge in [0.25, 0.3) is 0 Å². The minimum Gasteiger partial charge on any atom is -0.330 e. The largest absolute Gasteiger partial charge is 0.330 e. The lowest BCUT2D eigenvalue weighted by atomic mass is 9.85. The van der Waals surface area contributed by atoms with Crippen LogP contribution in [0.1, 0.15) is 40.5 Å². The van der Waals surface area contributed by atoms with E-state index in [0.29, 0.717) is 11.3 Å². The Morgan fingerprint density at radius 3 is 2.57 bits per heavy atom. The van der Waals surface area contributed by atoms with Crippen molar-refractivity contribution in [3.63, 3.8) is 0 Å². The molecular formula is C12H26N2. The lowest BCUT2D eigenvalue weighted by Crippen LogP contribution is -2.42. The summed E-state index contributed by atoms with van der Waals surface area (Å²) in [5.74, 6) is 0.637. The molecule has 0 saturated carbocycles. The van der Waals surface area contributed by atoms with Crippen molar-refractivity contribution >= 4 is 0 Å². The molecule has 2 N–H and O–H groups in total. The van der Waals surface area contributed by atoms with E-state index in [-0.39, 0.29) is 0 Å². The highest BCUT2D eigenvalue weighted by Gasteiger charge is 2.34. The van der Waals surface area contributed by atoms with Crippen molar-refractivity contribution < 1.29 is 0 Å². The first-order chi connectivity index (χ1) is 6.45. The number of likely N-dealkylation sites (tertiary alicyclic amines) is 1. The van der Waals surface area contributed by atoms with Crippen molar-refractivity contribution in [2.75, 3.05) is 19.6 Å². The molecule has 0 bridgehead atoms. The Morgan fingerprint density at radius 2 is 2.07 bits per heavy atom. The summed E-state index contributed by atoms with van der Waals surface area (Å²) in [7, 11) is 0. The quantitative estimate of drug-likeness (QED) is 0.752. The smallest absolute Gasteiger partial charge is 0.0144 e. The molecule has 2 atom stereocenters. The molecule has 1 rings (SSSR count). The molecule has 2 unspecified atom stereocenters. The third kappa shape index (κ3) is 2.96. The Morgan fingerprint density at radius 1 is 1.43 bits per heavy atom. The molecule has 2 heteroatoms. The average Bonchev–Trinajstić information content (AvgIpc) is 2.51. The zero-order chi connectivity index (χ0) is 10.8. The molecule has 1 aliphatic rings. The molecule has 0 amide bonds. The number of rotatable bonds is 3. The van der Waals surface area contributed by atoms with Crippen molar-refractivity contribution in [2.45, 2.75) is 46.6 Å². The molecule has 14 heavy (non-hydrogen) atoms. The first-order valence-electron chi connectivity index (χ1n) is 5.89. The third-order valence-electron chi connectivity index (χ3n) is 3.31. The van der Waals surface area contributed by atoms with Gasteiger partial charge in [-0.1, -0.05) is 27.7 Å². The second-order valence-electron chi connectivity index (χ2n) is 5.86. The van der Waals surface area contributed by atoms with E-state index in [1.54, 1.807) is 0 Å². The zero-order valence-corrected chi connectivity index (χ0v) is 10.2. The SMILES string of the molecule is CC(CN)CN1CCCC1C(C)(C)C. The Kier molecular flexibility index (Phi) is 3.96. The fourth-order valence-electron chi connectivity index (χ4n) is 2.50. The molecule has 0 radical (unpaired) electrons. The van der Waals surface area contributed by atoms with Crippen LogP contribution in [0, 0.1) is 11.3 Å². The molecule has 0 spiro atoms. The minimum atomic E-state index is 0.421. The van der Waals surface area contributed by atoms with Gasteiger partial charge < -0.3 is 5.73 Å². The Labute approximate surface area is 88.8 Å². The van der Waals surface area contributed by atoms with Crippen molar-refractivity contribution in [3.05, 3.63) is 0 Å². The van der Waals surface area contributed by atoms with Crippen LogP contribution >= 0.6 is 0 Å². The highest BCUT2D eigenvalue weighted by molar-refractivity contribution is 4.88. The van der Waals surface area contributed by atoms with E-state index in [4.69, 9.17) is 5.73 Å². The maximum atomic E-state index is 5.68. The van der Waals surface area contributed by atoms with Crippen LogP contribution in [0.4, 0.5) is 0 Å². The molecule has 1 aliphatic heterocycles. The second kappa shape index (κ2) is 4.63. The van der Waals surface area contributed by atoms with Crippen LogP contribution in [0.5, 0.6) is 0 Å². The maximum Gasteiger partial charge on any atom is 0.0144 e. The number of hydrogen-bond donors (Lipinski definition) is 1. The van der Waals surface area contributed by atoms with E-state index in [0.717, 1.165) is 12.6 Å². The second-order valence-corrected chi connectivity index (χ2v) is 5.86. The predicted octanol–water partition coefficient (Wildman–Crippen LogP) is 2.09. The molecule has 0 aliphatic carbocycles. The Bertz CT molecular complexity index is 172. The molecule has 84 valence electrons. The molecule has 0 aromatic carbocycles. The molecular weight excluding hydrogens is 172 g/mol. The summed E-state index contributed by atoms with van der Waals surface area (Å²) in [6, 6.07) is 0.761. The predicted molar refractivity (Wildman–Crippen MR) is 62.3 cm³/mol. The molecule has 1 fully saturated rings. The van der Waals surface area contributed by atoms with E-state index < -0.39 is 0 Å². The van der Waals surface area contributed by atoms with Crippen molar-refractivity contribution in [3.8, 4) is 0 Å². The van der Waals surface area contributed by atoms with Gasteiger partial charge in [-0.05, 0) is 37.3 Å². The van der Waals surface area contributed by atoms with Crippen molar-refractivity contribution in [2.24, 2.45) is 17.1 Å². The van der Waals surface area contributed by atoms with E-state index in [9.17, 15) is 0 Å². The summed E-state index contributed by atoms with van der Waals surface area (Å²) in [6.07, 6.45) is 2.72. The van der Waals surface area contributed by atoms with Crippen LogP contribution in [0.25, 0.3) is 0 Å². The number of nitrogens with two attached hydrogens (primary N) is 1. The Hall–Kier alpha value is -0.0800. The summed E-state index contributed by atoms with van der Waals surface area (Å²) in [5, 5.41) is 0. The fourth-order valence-corrected chi connectivity index (χ4v) is 2.50. The van der Waals surface area contributed by atoms with Gasteiger partial charge in [0, 0.05) is 12.6 Å². The van der Waals surface area contributed by atoms with E-state index in [1.807, 2.05) is 0 Å².